The van der Waals surface area contributed by atoms with Crippen molar-refractivity contribution in [3.05, 3.63) is 23.8 Å². The molecule has 2 aliphatic heterocycles. The van der Waals surface area contributed by atoms with E-state index in [2.05, 4.69) is 22.8 Å². The zero-order valence-electron chi connectivity index (χ0n) is 10.6. The van der Waals surface area contributed by atoms with Gasteiger partial charge in [0, 0.05) is 12.6 Å². The number of hydrogen-bond donors (Lipinski definition) is 2. The zero-order valence-corrected chi connectivity index (χ0v) is 10.6. The molecular formula is C14H20N2O2. The van der Waals surface area contributed by atoms with Crippen molar-refractivity contribution in [2.75, 3.05) is 26.4 Å². The summed E-state index contributed by atoms with van der Waals surface area (Å²) in [5, 5.41) is 7.02. The van der Waals surface area contributed by atoms with Gasteiger partial charge >= 0.3 is 0 Å². The second-order valence-corrected chi connectivity index (χ2v) is 4.94. The maximum atomic E-state index is 5.38. The van der Waals surface area contributed by atoms with Gasteiger partial charge < -0.3 is 20.1 Å². The molecule has 1 unspecified atom stereocenters. The van der Waals surface area contributed by atoms with Crippen LogP contribution in [0, 0.1) is 0 Å². The van der Waals surface area contributed by atoms with Gasteiger partial charge in [-0.05, 0) is 50.0 Å². The number of hydrogen-bond acceptors (Lipinski definition) is 4. The highest BCUT2D eigenvalue weighted by Gasteiger charge is 2.14. The van der Waals surface area contributed by atoms with E-state index in [-0.39, 0.29) is 0 Å². The summed E-state index contributed by atoms with van der Waals surface area (Å²) in [6.45, 7) is 3.64. The number of piperidine rings is 1. The molecule has 2 heterocycles. The molecule has 0 spiro atoms. The van der Waals surface area contributed by atoms with Gasteiger partial charge in [0.15, 0.2) is 11.5 Å². The van der Waals surface area contributed by atoms with Crippen LogP contribution in [0.25, 0.3) is 0 Å². The van der Waals surface area contributed by atoms with Gasteiger partial charge in [0.25, 0.3) is 0 Å². The van der Waals surface area contributed by atoms with Crippen LogP contribution in [0.15, 0.2) is 18.2 Å². The van der Waals surface area contributed by atoms with E-state index in [9.17, 15) is 0 Å². The lowest BCUT2D eigenvalue weighted by atomic mass is 10.1. The first-order valence-electron chi connectivity index (χ1n) is 6.74. The Labute approximate surface area is 108 Å². The monoisotopic (exact) mass is 248 g/mol. The molecule has 1 atom stereocenters. The molecule has 0 bridgehead atoms. The largest absolute Gasteiger partial charge is 0.454 e. The van der Waals surface area contributed by atoms with Gasteiger partial charge in [0.2, 0.25) is 6.79 Å². The van der Waals surface area contributed by atoms with Crippen LogP contribution in [0.3, 0.4) is 0 Å². The topological polar surface area (TPSA) is 42.5 Å². The smallest absolute Gasteiger partial charge is 0.231 e. The van der Waals surface area contributed by atoms with E-state index in [1.54, 1.807) is 0 Å². The molecule has 4 nitrogen and oxygen atoms in total. The fourth-order valence-electron chi connectivity index (χ4n) is 2.54. The maximum absolute atomic E-state index is 5.38. The first kappa shape index (κ1) is 11.8. The Morgan fingerprint density at radius 1 is 1.28 bits per heavy atom. The van der Waals surface area contributed by atoms with Crippen LogP contribution in [0.5, 0.6) is 11.5 Å². The quantitative estimate of drug-likeness (QED) is 0.843. The van der Waals surface area contributed by atoms with E-state index in [1.165, 1.54) is 24.9 Å². The van der Waals surface area contributed by atoms with Crippen LogP contribution < -0.4 is 20.1 Å². The van der Waals surface area contributed by atoms with E-state index in [0.29, 0.717) is 12.8 Å². The van der Waals surface area contributed by atoms with Gasteiger partial charge in [0.05, 0.1) is 0 Å². The minimum atomic E-state index is 0.352. The molecule has 0 aliphatic carbocycles. The normalized spacial score (nSPS) is 22.1. The minimum Gasteiger partial charge on any atom is -0.454 e. The molecule has 0 saturated carbocycles. The Balaban J connectivity index is 1.48. The van der Waals surface area contributed by atoms with Crippen LogP contribution in [-0.4, -0.2) is 32.5 Å². The van der Waals surface area contributed by atoms with Crippen molar-refractivity contribution in [3.8, 4) is 11.5 Å². The van der Waals surface area contributed by atoms with E-state index in [1.807, 2.05) is 6.07 Å². The first-order valence-corrected chi connectivity index (χ1v) is 6.74. The third kappa shape index (κ3) is 2.76. The Hall–Kier alpha value is -1.26. The lowest BCUT2D eigenvalue weighted by Gasteiger charge is -2.23. The number of benzene rings is 1. The van der Waals surface area contributed by atoms with Crippen molar-refractivity contribution < 1.29 is 9.47 Å². The van der Waals surface area contributed by atoms with Gasteiger partial charge in [-0.2, -0.15) is 0 Å². The molecule has 98 valence electrons. The fraction of sp³-hybridized carbons (Fsp3) is 0.571. The lowest BCUT2D eigenvalue weighted by molar-refractivity contribution is 0.174. The van der Waals surface area contributed by atoms with E-state index in [0.717, 1.165) is 31.0 Å². The standard InChI is InChI=1S/C14H20N2O2/c1-2-12(9-15-6-1)16-7-5-11-3-4-13-14(8-11)18-10-17-13/h3-4,8,12,15-16H,1-2,5-7,9-10H2. The average Bonchev–Trinajstić information content (AvgIpc) is 2.87. The summed E-state index contributed by atoms with van der Waals surface area (Å²) in [7, 11) is 0. The number of rotatable bonds is 4. The SMILES string of the molecule is c1cc2c(cc1CCNC1CCCNC1)OCO2. The highest BCUT2D eigenvalue weighted by molar-refractivity contribution is 5.44. The summed E-state index contributed by atoms with van der Waals surface area (Å²) < 4.78 is 10.7. The maximum Gasteiger partial charge on any atom is 0.231 e. The Bertz CT molecular complexity index is 403. The van der Waals surface area contributed by atoms with Crippen LogP contribution in [-0.2, 0) is 6.42 Å². The van der Waals surface area contributed by atoms with Crippen molar-refractivity contribution in [2.45, 2.75) is 25.3 Å². The summed E-state index contributed by atoms with van der Waals surface area (Å²) in [5.74, 6) is 1.75. The average molecular weight is 248 g/mol. The van der Waals surface area contributed by atoms with Gasteiger partial charge in [-0.25, -0.2) is 0 Å². The lowest BCUT2D eigenvalue weighted by Crippen LogP contribution is -2.43. The second kappa shape index (κ2) is 5.59. The molecule has 2 aliphatic rings. The molecule has 3 rings (SSSR count). The van der Waals surface area contributed by atoms with E-state index in [4.69, 9.17) is 9.47 Å². The third-order valence-electron chi connectivity index (χ3n) is 3.58. The molecule has 1 aromatic carbocycles. The van der Waals surface area contributed by atoms with Gasteiger partial charge in [-0.1, -0.05) is 6.07 Å². The number of nitrogens with one attached hydrogen (secondary N) is 2. The van der Waals surface area contributed by atoms with Crippen molar-refractivity contribution >= 4 is 0 Å². The predicted molar refractivity (Wildman–Crippen MR) is 70.2 cm³/mol. The summed E-state index contributed by atoms with van der Waals surface area (Å²) in [6, 6.07) is 6.84. The van der Waals surface area contributed by atoms with Crippen molar-refractivity contribution in [3.63, 3.8) is 0 Å². The molecule has 1 fully saturated rings. The van der Waals surface area contributed by atoms with E-state index >= 15 is 0 Å². The van der Waals surface area contributed by atoms with Crippen molar-refractivity contribution in [2.24, 2.45) is 0 Å². The molecule has 0 amide bonds. The Kier molecular flexibility index (Phi) is 3.67. The summed E-state index contributed by atoms with van der Waals surface area (Å²) >= 11 is 0. The highest BCUT2D eigenvalue weighted by atomic mass is 16.7. The Morgan fingerprint density at radius 3 is 3.11 bits per heavy atom. The molecule has 2 N–H and O–H groups in total. The zero-order chi connectivity index (χ0) is 12.2. The highest BCUT2D eigenvalue weighted by Crippen LogP contribution is 2.32. The molecule has 1 aromatic rings. The predicted octanol–water partition coefficient (Wildman–Crippen LogP) is 1.30. The molecule has 0 radical (unpaired) electrons. The molecular weight excluding hydrogens is 228 g/mol. The van der Waals surface area contributed by atoms with Gasteiger partial charge in [-0.3, -0.25) is 0 Å². The fourth-order valence-corrected chi connectivity index (χ4v) is 2.54. The summed E-state index contributed by atoms with van der Waals surface area (Å²) in [5.41, 5.74) is 1.30. The number of ether oxygens (including phenoxy) is 2. The Morgan fingerprint density at radius 2 is 2.22 bits per heavy atom. The van der Waals surface area contributed by atoms with Crippen LogP contribution in [0.4, 0.5) is 0 Å². The molecule has 18 heavy (non-hydrogen) atoms. The first-order chi connectivity index (χ1) is 8.92. The van der Waals surface area contributed by atoms with Crippen LogP contribution in [0.2, 0.25) is 0 Å². The minimum absolute atomic E-state index is 0.352. The van der Waals surface area contributed by atoms with Crippen molar-refractivity contribution in [1.29, 1.82) is 0 Å². The summed E-state index contributed by atoms with van der Waals surface area (Å²) in [6.07, 6.45) is 3.60. The van der Waals surface area contributed by atoms with E-state index < -0.39 is 0 Å². The third-order valence-corrected chi connectivity index (χ3v) is 3.58. The number of fused-ring (bicyclic) bond motifs is 1. The van der Waals surface area contributed by atoms with Crippen LogP contribution in [0.1, 0.15) is 18.4 Å². The molecule has 1 saturated heterocycles. The summed E-state index contributed by atoms with van der Waals surface area (Å²) in [4.78, 5) is 0. The van der Waals surface area contributed by atoms with Crippen molar-refractivity contribution in [1.82, 2.24) is 10.6 Å². The second-order valence-electron chi connectivity index (χ2n) is 4.94. The molecule has 0 aromatic heterocycles. The van der Waals surface area contributed by atoms with Gasteiger partial charge in [0.1, 0.15) is 0 Å². The van der Waals surface area contributed by atoms with Gasteiger partial charge in [-0.15, -0.1) is 0 Å². The molecule has 4 heteroatoms. The van der Waals surface area contributed by atoms with Crippen LogP contribution >= 0.6 is 0 Å².